The minimum absolute atomic E-state index is 0.549. The summed E-state index contributed by atoms with van der Waals surface area (Å²) >= 11 is 0. The molecule has 0 aliphatic carbocycles. The van der Waals surface area contributed by atoms with Gasteiger partial charge >= 0.3 is 0 Å². The minimum atomic E-state index is 0.549. The standard InChI is InChI=1S/C17H20O.C2H6/c1-13(2)12-18-17-9-5-8-16(11-17)15-7-4-6-14(3)10-15;1-2/h4-11,13H,12H2,1-3H3;1-2H3. The van der Waals surface area contributed by atoms with E-state index in [1.165, 1.54) is 16.7 Å². The van der Waals surface area contributed by atoms with Crippen LogP contribution < -0.4 is 4.74 Å². The second kappa shape index (κ2) is 8.42. The number of aryl methyl sites for hydroxylation is 1. The van der Waals surface area contributed by atoms with Crippen LogP contribution in [0.2, 0.25) is 0 Å². The molecule has 0 saturated carbocycles. The summed E-state index contributed by atoms with van der Waals surface area (Å²) < 4.78 is 5.76. The van der Waals surface area contributed by atoms with E-state index in [9.17, 15) is 0 Å². The molecule has 108 valence electrons. The maximum Gasteiger partial charge on any atom is 0.119 e. The predicted octanol–water partition coefficient (Wildman–Crippen LogP) is 5.72. The molecule has 0 heterocycles. The van der Waals surface area contributed by atoms with Gasteiger partial charge in [0, 0.05) is 0 Å². The van der Waals surface area contributed by atoms with Gasteiger partial charge in [-0.15, -0.1) is 0 Å². The number of hydrogen-bond acceptors (Lipinski definition) is 1. The molecule has 0 spiro atoms. The molecule has 0 aromatic heterocycles. The average Bonchev–Trinajstić information content (AvgIpc) is 2.47. The highest BCUT2D eigenvalue weighted by Crippen LogP contribution is 2.24. The number of rotatable bonds is 4. The Hall–Kier alpha value is -1.76. The van der Waals surface area contributed by atoms with Crippen molar-refractivity contribution in [3.8, 4) is 16.9 Å². The number of ether oxygens (including phenoxy) is 1. The Morgan fingerprint density at radius 3 is 2.10 bits per heavy atom. The molecule has 1 nitrogen and oxygen atoms in total. The van der Waals surface area contributed by atoms with Gasteiger partial charge in [-0.3, -0.25) is 0 Å². The quantitative estimate of drug-likeness (QED) is 0.690. The van der Waals surface area contributed by atoms with Crippen LogP contribution in [-0.2, 0) is 0 Å². The van der Waals surface area contributed by atoms with Crippen molar-refractivity contribution in [3.63, 3.8) is 0 Å². The fraction of sp³-hybridized carbons (Fsp3) is 0.368. The molecular weight excluding hydrogens is 244 g/mol. The van der Waals surface area contributed by atoms with Gasteiger partial charge in [-0.05, 0) is 36.1 Å². The molecule has 0 aliphatic heterocycles. The zero-order chi connectivity index (χ0) is 15.0. The van der Waals surface area contributed by atoms with Crippen molar-refractivity contribution in [1.82, 2.24) is 0 Å². The van der Waals surface area contributed by atoms with Gasteiger partial charge in [0.1, 0.15) is 5.75 Å². The first-order valence-electron chi connectivity index (χ1n) is 7.45. The zero-order valence-electron chi connectivity index (χ0n) is 13.3. The van der Waals surface area contributed by atoms with Gasteiger partial charge in [-0.1, -0.05) is 69.7 Å². The third-order valence-corrected chi connectivity index (χ3v) is 2.77. The van der Waals surface area contributed by atoms with E-state index < -0.39 is 0 Å². The molecule has 2 aromatic carbocycles. The smallest absolute Gasteiger partial charge is 0.119 e. The molecule has 0 radical (unpaired) electrons. The van der Waals surface area contributed by atoms with Crippen molar-refractivity contribution in [2.75, 3.05) is 6.61 Å². The summed E-state index contributed by atoms with van der Waals surface area (Å²) in [6.07, 6.45) is 0. The summed E-state index contributed by atoms with van der Waals surface area (Å²) in [6.45, 7) is 11.2. The van der Waals surface area contributed by atoms with Crippen LogP contribution in [-0.4, -0.2) is 6.61 Å². The van der Waals surface area contributed by atoms with E-state index in [1.54, 1.807) is 0 Å². The van der Waals surface area contributed by atoms with Gasteiger partial charge < -0.3 is 4.74 Å². The van der Waals surface area contributed by atoms with Gasteiger partial charge in [0.15, 0.2) is 0 Å². The summed E-state index contributed by atoms with van der Waals surface area (Å²) in [5.41, 5.74) is 3.73. The highest BCUT2D eigenvalue weighted by Gasteiger charge is 2.01. The first-order chi connectivity index (χ1) is 9.65. The maximum atomic E-state index is 5.76. The second-order valence-electron chi connectivity index (χ2n) is 5.10. The van der Waals surface area contributed by atoms with E-state index >= 15 is 0 Å². The van der Waals surface area contributed by atoms with Crippen LogP contribution in [0, 0.1) is 12.8 Å². The molecule has 1 heteroatoms. The highest BCUT2D eigenvalue weighted by atomic mass is 16.5. The molecular formula is C19H26O. The lowest BCUT2D eigenvalue weighted by molar-refractivity contribution is 0.271. The van der Waals surface area contributed by atoms with Crippen LogP contribution >= 0.6 is 0 Å². The first kappa shape index (κ1) is 16.3. The van der Waals surface area contributed by atoms with Crippen molar-refractivity contribution >= 4 is 0 Å². The van der Waals surface area contributed by atoms with Crippen molar-refractivity contribution in [3.05, 3.63) is 54.1 Å². The molecule has 0 amide bonds. The van der Waals surface area contributed by atoms with E-state index in [0.717, 1.165) is 12.4 Å². The summed E-state index contributed by atoms with van der Waals surface area (Å²) in [7, 11) is 0. The topological polar surface area (TPSA) is 9.23 Å². The van der Waals surface area contributed by atoms with Gasteiger partial charge in [-0.2, -0.15) is 0 Å². The lowest BCUT2D eigenvalue weighted by Gasteiger charge is -2.10. The Morgan fingerprint density at radius 2 is 1.50 bits per heavy atom. The molecule has 0 atom stereocenters. The van der Waals surface area contributed by atoms with E-state index in [-0.39, 0.29) is 0 Å². The summed E-state index contributed by atoms with van der Waals surface area (Å²) in [6, 6.07) is 16.8. The van der Waals surface area contributed by atoms with Gasteiger partial charge in [-0.25, -0.2) is 0 Å². The lowest BCUT2D eigenvalue weighted by atomic mass is 10.0. The van der Waals surface area contributed by atoms with Crippen LogP contribution in [0.5, 0.6) is 5.75 Å². The highest BCUT2D eigenvalue weighted by molar-refractivity contribution is 5.65. The normalized spacial score (nSPS) is 9.90. The third-order valence-electron chi connectivity index (χ3n) is 2.77. The summed E-state index contributed by atoms with van der Waals surface area (Å²) in [4.78, 5) is 0. The van der Waals surface area contributed by atoms with Crippen molar-refractivity contribution in [1.29, 1.82) is 0 Å². The van der Waals surface area contributed by atoms with Crippen LogP contribution in [0.25, 0.3) is 11.1 Å². The molecule has 2 rings (SSSR count). The fourth-order valence-corrected chi connectivity index (χ4v) is 1.85. The molecule has 0 N–H and O–H groups in total. The van der Waals surface area contributed by atoms with Crippen LogP contribution in [0.4, 0.5) is 0 Å². The van der Waals surface area contributed by atoms with Crippen molar-refractivity contribution in [2.45, 2.75) is 34.6 Å². The number of benzene rings is 2. The fourth-order valence-electron chi connectivity index (χ4n) is 1.85. The summed E-state index contributed by atoms with van der Waals surface area (Å²) in [5.74, 6) is 1.50. The first-order valence-corrected chi connectivity index (χ1v) is 7.45. The lowest BCUT2D eigenvalue weighted by Crippen LogP contribution is -2.04. The minimum Gasteiger partial charge on any atom is -0.493 e. The Morgan fingerprint density at radius 1 is 0.900 bits per heavy atom. The largest absolute Gasteiger partial charge is 0.493 e. The van der Waals surface area contributed by atoms with Crippen molar-refractivity contribution < 1.29 is 4.74 Å². The summed E-state index contributed by atoms with van der Waals surface area (Å²) in [5, 5.41) is 0. The molecule has 0 aliphatic rings. The Bertz CT molecular complexity index is 515. The van der Waals surface area contributed by atoms with E-state index in [1.807, 2.05) is 26.0 Å². The predicted molar refractivity (Wildman–Crippen MR) is 88.3 cm³/mol. The Kier molecular flexibility index (Phi) is 6.86. The van der Waals surface area contributed by atoms with Crippen molar-refractivity contribution in [2.24, 2.45) is 5.92 Å². The monoisotopic (exact) mass is 270 g/mol. The Labute approximate surface area is 123 Å². The van der Waals surface area contributed by atoms with Gasteiger partial charge in [0.25, 0.3) is 0 Å². The SMILES string of the molecule is CC.Cc1cccc(-c2cccc(OCC(C)C)c2)c1. The Balaban J connectivity index is 0.000000956. The zero-order valence-corrected chi connectivity index (χ0v) is 13.3. The van der Waals surface area contributed by atoms with E-state index in [0.29, 0.717) is 5.92 Å². The second-order valence-corrected chi connectivity index (χ2v) is 5.10. The van der Waals surface area contributed by atoms with Gasteiger partial charge in [0.05, 0.1) is 6.61 Å². The van der Waals surface area contributed by atoms with E-state index in [2.05, 4.69) is 57.2 Å². The molecule has 0 unspecified atom stereocenters. The molecule has 20 heavy (non-hydrogen) atoms. The van der Waals surface area contributed by atoms with Crippen LogP contribution in [0.1, 0.15) is 33.3 Å². The number of hydrogen-bond donors (Lipinski definition) is 0. The third kappa shape index (κ3) is 5.08. The molecule has 0 saturated heterocycles. The van der Waals surface area contributed by atoms with Crippen LogP contribution in [0.15, 0.2) is 48.5 Å². The van der Waals surface area contributed by atoms with E-state index in [4.69, 9.17) is 4.74 Å². The average molecular weight is 270 g/mol. The maximum absolute atomic E-state index is 5.76. The van der Waals surface area contributed by atoms with Gasteiger partial charge in [0.2, 0.25) is 0 Å². The molecule has 2 aromatic rings. The molecule has 0 bridgehead atoms. The molecule has 0 fully saturated rings. The van der Waals surface area contributed by atoms with Crippen LogP contribution in [0.3, 0.4) is 0 Å².